The number of fused-ring (bicyclic) bond motifs is 1. The molecule has 0 fully saturated rings. The Labute approximate surface area is 111 Å². The standard InChI is InChI=1S/C17H13NO/c19-12-17(16-6-3-9-18-11-16)15-8-7-13-4-1-2-5-14(13)10-15/h1-12,17H. The maximum atomic E-state index is 11.4. The Morgan fingerprint density at radius 2 is 1.74 bits per heavy atom. The number of pyridine rings is 1. The van der Waals surface area contributed by atoms with Crippen LogP contribution in [0.25, 0.3) is 10.8 Å². The monoisotopic (exact) mass is 247 g/mol. The van der Waals surface area contributed by atoms with Gasteiger partial charge in [-0.3, -0.25) is 4.98 Å². The van der Waals surface area contributed by atoms with E-state index < -0.39 is 0 Å². The minimum absolute atomic E-state index is 0.252. The second-order valence-corrected chi connectivity index (χ2v) is 4.51. The minimum Gasteiger partial charge on any atom is -0.302 e. The summed E-state index contributed by atoms with van der Waals surface area (Å²) in [5, 5.41) is 2.33. The fourth-order valence-corrected chi connectivity index (χ4v) is 2.31. The molecule has 0 aliphatic heterocycles. The number of benzene rings is 2. The second kappa shape index (κ2) is 5.02. The summed E-state index contributed by atoms with van der Waals surface area (Å²) < 4.78 is 0. The molecule has 2 aromatic carbocycles. The Hall–Kier alpha value is -2.48. The third-order valence-corrected chi connectivity index (χ3v) is 3.31. The van der Waals surface area contributed by atoms with Crippen molar-refractivity contribution >= 4 is 17.1 Å². The zero-order valence-electron chi connectivity index (χ0n) is 10.4. The van der Waals surface area contributed by atoms with Crippen LogP contribution in [0.4, 0.5) is 0 Å². The summed E-state index contributed by atoms with van der Waals surface area (Å²) in [6.07, 6.45) is 4.43. The van der Waals surface area contributed by atoms with Crippen LogP contribution in [0.15, 0.2) is 67.0 Å². The number of hydrogen-bond donors (Lipinski definition) is 0. The van der Waals surface area contributed by atoms with Crippen molar-refractivity contribution in [2.45, 2.75) is 5.92 Å². The summed E-state index contributed by atoms with van der Waals surface area (Å²) in [6, 6.07) is 18.1. The Bertz CT molecular complexity index is 707. The van der Waals surface area contributed by atoms with Crippen molar-refractivity contribution in [2.24, 2.45) is 0 Å². The maximum absolute atomic E-state index is 11.4. The smallest absolute Gasteiger partial charge is 0.131 e. The molecule has 0 radical (unpaired) electrons. The van der Waals surface area contributed by atoms with Gasteiger partial charge in [-0.25, -0.2) is 0 Å². The van der Waals surface area contributed by atoms with E-state index in [1.165, 1.54) is 5.39 Å². The number of aldehydes is 1. The van der Waals surface area contributed by atoms with Crippen LogP contribution in [-0.4, -0.2) is 11.3 Å². The Kier molecular flexibility index (Phi) is 3.07. The summed E-state index contributed by atoms with van der Waals surface area (Å²) >= 11 is 0. The fraction of sp³-hybridized carbons (Fsp3) is 0.0588. The highest BCUT2D eigenvalue weighted by Gasteiger charge is 2.13. The van der Waals surface area contributed by atoms with E-state index in [4.69, 9.17) is 0 Å². The van der Waals surface area contributed by atoms with Gasteiger partial charge in [0.1, 0.15) is 6.29 Å². The van der Waals surface area contributed by atoms with E-state index in [0.29, 0.717) is 0 Å². The first-order valence-electron chi connectivity index (χ1n) is 6.22. The molecule has 1 aromatic heterocycles. The van der Waals surface area contributed by atoms with Gasteiger partial charge < -0.3 is 4.79 Å². The third-order valence-electron chi connectivity index (χ3n) is 3.31. The molecular formula is C17H13NO. The largest absolute Gasteiger partial charge is 0.302 e. The van der Waals surface area contributed by atoms with Gasteiger partial charge >= 0.3 is 0 Å². The average Bonchev–Trinajstić information content (AvgIpc) is 2.49. The van der Waals surface area contributed by atoms with Crippen LogP contribution in [0, 0.1) is 0 Å². The molecule has 0 aliphatic carbocycles. The van der Waals surface area contributed by atoms with Crippen molar-refractivity contribution < 1.29 is 4.79 Å². The molecule has 0 aliphatic rings. The van der Waals surface area contributed by atoms with Crippen LogP contribution in [0.5, 0.6) is 0 Å². The lowest BCUT2D eigenvalue weighted by Gasteiger charge is -2.11. The first kappa shape index (κ1) is 11.6. The molecule has 3 rings (SSSR count). The van der Waals surface area contributed by atoms with Crippen LogP contribution in [0.1, 0.15) is 17.0 Å². The number of hydrogen-bond acceptors (Lipinski definition) is 2. The van der Waals surface area contributed by atoms with Crippen molar-refractivity contribution in [3.05, 3.63) is 78.1 Å². The maximum Gasteiger partial charge on any atom is 0.131 e. The van der Waals surface area contributed by atoms with Crippen molar-refractivity contribution in [1.29, 1.82) is 0 Å². The third kappa shape index (κ3) is 2.25. The Morgan fingerprint density at radius 3 is 2.47 bits per heavy atom. The van der Waals surface area contributed by atoms with Crippen LogP contribution < -0.4 is 0 Å². The van der Waals surface area contributed by atoms with E-state index in [2.05, 4.69) is 29.2 Å². The van der Waals surface area contributed by atoms with E-state index in [1.807, 2.05) is 30.3 Å². The van der Waals surface area contributed by atoms with E-state index in [-0.39, 0.29) is 5.92 Å². The van der Waals surface area contributed by atoms with E-state index in [9.17, 15) is 4.79 Å². The highest BCUT2D eigenvalue weighted by atomic mass is 16.1. The summed E-state index contributed by atoms with van der Waals surface area (Å²) in [6.45, 7) is 0. The molecular weight excluding hydrogens is 234 g/mol. The molecule has 2 nitrogen and oxygen atoms in total. The van der Waals surface area contributed by atoms with Gasteiger partial charge in [0.25, 0.3) is 0 Å². The van der Waals surface area contributed by atoms with Gasteiger partial charge in [-0.05, 0) is 28.0 Å². The lowest BCUT2D eigenvalue weighted by Crippen LogP contribution is -2.02. The molecule has 2 heteroatoms. The lowest BCUT2D eigenvalue weighted by atomic mass is 9.92. The SMILES string of the molecule is O=CC(c1cccnc1)c1ccc2ccccc2c1. The highest BCUT2D eigenvalue weighted by molar-refractivity contribution is 5.84. The van der Waals surface area contributed by atoms with Crippen LogP contribution in [0.2, 0.25) is 0 Å². The van der Waals surface area contributed by atoms with Crippen LogP contribution in [-0.2, 0) is 4.79 Å². The summed E-state index contributed by atoms with van der Waals surface area (Å²) in [5.41, 5.74) is 1.93. The number of aromatic nitrogens is 1. The molecule has 0 saturated heterocycles. The summed E-state index contributed by atoms with van der Waals surface area (Å²) in [5.74, 6) is -0.252. The zero-order chi connectivity index (χ0) is 13.1. The quantitative estimate of drug-likeness (QED) is 0.662. The predicted molar refractivity (Wildman–Crippen MR) is 76.1 cm³/mol. The van der Waals surface area contributed by atoms with Gasteiger partial charge in [0.2, 0.25) is 0 Å². The second-order valence-electron chi connectivity index (χ2n) is 4.51. The number of carbonyl (C=O) groups is 1. The first-order valence-corrected chi connectivity index (χ1v) is 6.22. The molecule has 19 heavy (non-hydrogen) atoms. The molecule has 1 heterocycles. The Balaban J connectivity index is 2.09. The highest BCUT2D eigenvalue weighted by Crippen LogP contribution is 2.25. The van der Waals surface area contributed by atoms with Gasteiger partial charge in [0.05, 0.1) is 5.92 Å². The van der Waals surface area contributed by atoms with Crippen molar-refractivity contribution in [2.75, 3.05) is 0 Å². The van der Waals surface area contributed by atoms with Gasteiger partial charge in [0.15, 0.2) is 0 Å². The zero-order valence-corrected chi connectivity index (χ0v) is 10.4. The van der Waals surface area contributed by atoms with Crippen molar-refractivity contribution in [3.63, 3.8) is 0 Å². The van der Waals surface area contributed by atoms with Gasteiger partial charge in [-0.15, -0.1) is 0 Å². The van der Waals surface area contributed by atoms with E-state index >= 15 is 0 Å². The van der Waals surface area contributed by atoms with Gasteiger partial charge in [-0.1, -0.05) is 48.5 Å². The fourth-order valence-electron chi connectivity index (χ4n) is 2.31. The molecule has 0 bridgehead atoms. The molecule has 3 aromatic rings. The number of nitrogens with zero attached hydrogens (tertiary/aromatic N) is 1. The molecule has 0 saturated carbocycles. The number of carbonyl (C=O) groups excluding carboxylic acids is 1. The lowest BCUT2D eigenvalue weighted by molar-refractivity contribution is -0.108. The molecule has 1 atom stereocenters. The van der Waals surface area contributed by atoms with E-state index in [1.54, 1.807) is 12.4 Å². The molecule has 92 valence electrons. The average molecular weight is 247 g/mol. The summed E-state index contributed by atoms with van der Waals surface area (Å²) in [7, 11) is 0. The normalized spacial score (nSPS) is 12.2. The van der Waals surface area contributed by atoms with Crippen molar-refractivity contribution in [1.82, 2.24) is 4.98 Å². The summed E-state index contributed by atoms with van der Waals surface area (Å²) in [4.78, 5) is 15.5. The van der Waals surface area contributed by atoms with E-state index in [0.717, 1.165) is 22.8 Å². The van der Waals surface area contributed by atoms with Gasteiger partial charge in [-0.2, -0.15) is 0 Å². The van der Waals surface area contributed by atoms with Crippen LogP contribution >= 0.6 is 0 Å². The Morgan fingerprint density at radius 1 is 0.895 bits per heavy atom. The molecule has 0 N–H and O–H groups in total. The minimum atomic E-state index is -0.252. The molecule has 0 spiro atoms. The molecule has 0 amide bonds. The van der Waals surface area contributed by atoms with Gasteiger partial charge in [0, 0.05) is 12.4 Å². The van der Waals surface area contributed by atoms with Crippen LogP contribution in [0.3, 0.4) is 0 Å². The van der Waals surface area contributed by atoms with Crippen molar-refractivity contribution in [3.8, 4) is 0 Å². The predicted octanol–water partition coefficient (Wildman–Crippen LogP) is 3.57. The molecule has 1 unspecified atom stereocenters. The number of rotatable bonds is 3. The topological polar surface area (TPSA) is 30.0 Å². The first-order chi connectivity index (χ1) is 9.38.